The normalized spacial score (nSPS) is 27.7. The summed E-state index contributed by atoms with van der Waals surface area (Å²) >= 11 is 0. The summed E-state index contributed by atoms with van der Waals surface area (Å²) in [4.78, 5) is 10.7. The van der Waals surface area contributed by atoms with Crippen molar-refractivity contribution in [3.8, 4) is 0 Å². The van der Waals surface area contributed by atoms with Gasteiger partial charge in [0.15, 0.2) is 0 Å². The fraction of sp³-hybridized carbons (Fsp3) is 0.857. The Morgan fingerprint density at radius 2 is 2.14 bits per heavy atom. The fourth-order valence-electron chi connectivity index (χ4n) is 1.30. The second kappa shape index (κ2) is 4.16. The minimum absolute atomic E-state index is 0.160. The Labute approximate surface area is 78.6 Å². The predicted octanol–water partition coefficient (Wildman–Crippen LogP) is 0.0146. The number of aliphatic hydroxyl groups is 1. The molecule has 0 aromatic rings. The lowest BCUT2D eigenvalue weighted by atomic mass is 10.3. The zero-order valence-electron chi connectivity index (χ0n) is 7.24. The summed E-state index contributed by atoms with van der Waals surface area (Å²) < 4.78 is 29.2. The highest BCUT2D eigenvalue weighted by Gasteiger charge is 2.42. The van der Waals surface area contributed by atoms with Gasteiger partial charge in [-0.1, -0.05) is 0 Å². The monoisotopic (exact) mass is 211 g/mol. The van der Waals surface area contributed by atoms with Crippen molar-refractivity contribution in [3.63, 3.8) is 0 Å². The number of halogens is 2. The van der Waals surface area contributed by atoms with Crippen LogP contribution in [0.1, 0.15) is 19.3 Å². The predicted molar refractivity (Wildman–Crippen MR) is 39.6 cm³/mol. The van der Waals surface area contributed by atoms with Crippen LogP contribution in [0.25, 0.3) is 0 Å². The van der Waals surface area contributed by atoms with Crippen LogP contribution in [0.15, 0.2) is 0 Å². The third-order valence-corrected chi connectivity index (χ3v) is 2.03. The Balaban J connectivity index is 2.41. The van der Waals surface area contributed by atoms with Crippen LogP contribution < -0.4 is 5.48 Å². The van der Waals surface area contributed by atoms with E-state index in [0.29, 0.717) is 18.3 Å². The lowest BCUT2D eigenvalue weighted by molar-refractivity contribution is -0.199. The number of nitrogens with one attached hydrogen (secondary N) is 1. The maximum atomic E-state index is 12.4. The van der Waals surface area contributed by atoms with Crippen molar-refractivity contribution in [2.75, 3.05) is 0 Å². The second-order valence-electron chi connectivity index (χ2n) is 3.18. The van der Waals surface area contributed by atoms with Gasteiger partial charge in [0.05, 0.1) is 6.10 Å². The third kappa shape index (κ3) is 2.60. The van der Waals surface area contributed by atoms with Crippen molar-refractivity contribution in [2.45, 2.75) is 37.5 Å². The summed E-state index contributed by atoms with van der Waals surface area (Å²) in [6.07, 6.45) is -0.363. The maximum Gasteiger partial charge on any atom is 0.420 e. The summed E-state index contributed by atoms with van der Waals surface area (Å²) in [5.41, 5.74) is 0.556. The summed E-state index contributed by atoms with van der Waals surface area (Å²) in [6, 6.07) is -4.09. The highest BCUT2D eigenvalue weighted by Crippen LogP contribution is 2.24. The molecule has 0 aromatic heterocycles. The standard InChI is InChI=1S/C7H11F2NO4/c8-7(9,10-13)6(12)14-5-2-1-4(11)3-5/h4-5,10-11,13H,1-3H2. The number of hydrogen-bond acceptors (Lipinski definition) is 5. The molecule has 0 spiro atoms. The largest absolute Gasteiger partial charge is 0.457 e. The second-order valence-corrected chi connectivity index (χ2v) is 3.18. The molecule has 0 aromatic carbocycles. The third-order valence-electron chi connectivity index (χ3n) is 2.03. The Morgan fingerprint density at radius 3 is 2.57 bits per heavy atom. The SMILES string of the molecule is O=C(OC1CCC(O)C1)C(F)(F)NO. The number of hydrogen-bond donors (Lipinski definition) is 3. The highest BCUT2D eigenvalue weighted by molar-refractivity contribution is 5.76. The number of hydroxylamine groups is 1. The van der Waals surface area contributed by atoms with Gasteiger partial charge >= 0.3 is 12.0 Å². The molecule has 2 unspecified atom stereocenters. The molecule has 0 radical (unpaired) electrons. The zero-order valence-corrected chi connectivity index (χ0v) is 7.24. The van der Waals surface area contributed by atoms with Crippen LogP contribution in [0.4, 0.5) is 8.78 Å². The molecule has 0 heterocycles. The molecule has 1 saturated carbocycles. The van der Waals surface area contributed by atoms with Crippen molar-refractivity contribution >= 4 is 5.97 Å². The molecule has 14 heavy (non-hydrogen) atoms. The molecule has 0 amide bonds. The molecule has 1 fully saturated rings. The Kier molecular flexibility index (Phi) is 3.35. The van der Waals surface area contributed by atoms with E-state index in [2.05, 4.69) is 4.74 Å². The minimum Gasteiger partial charge on any atom is -0.457 e. The first kappa shape index (κ1) is 11.3. The molecule has 0 saturated heterocycles. The molecule has 1 aliphatic carbocycles. The van der Waals surface area contributed by atoms with Crippen LogP contribution in [-0.2, 0) is 9.53 Å². The van der Waals surface area contributed by atoms with Crippen LogP contribution in [-0.4, -0.2) is 34.5 Å². The highest BCUT2D eigenvalue weighted by atomic mass is 19.3. The quantitative estimate of drug-likeness (QED) is 0.348. The topological polar surface area (TPSA) is 78.8 Å². The zero-order chi connectivity index (χ0) is 10.8. The first-order chi connectivity index (χ1) is 6.45. The van der Waals surface area contributed by atoms with E-state index in [4.69, 9.17) is 10.3 Å². The summed E-state index contributed by atoms with van der Waals surface area (Å²) in [6.45, 7) is 0. The summed E-state index contributed by atoms with van der Waals surface area (Å²) in [5.74, 6) is -1.83. The number of ether oxygens (including phenoxy) is 1. The lowest BCUT2D eigenvalue weighted by Gasteiger charge is -2.16. The molecule has 82 valence electrons. The van der Waals surface area contributed by atoms with E-state index in [0.717, 1.165) is 0 Å². The van der Waals surface area contributed by atoms with Gasteiger partial charge in [0.1, 0.15) is 6.10 Å². The van der Waals surface area contributed by atoms with Gasteiger partial charge in [0.2, 0.25) is 0 Å². The molecule has 1 rings (SSSR count). The Bertz CT molecular complexity index is 224. The van der Waals surface area contributed by atoms with Gasteiger partial charge in [-0.05, 0) is 12.8 Å². The van der Waals surface area contributed by atoms with Gasteiger partial charge in [-0.25, -0.2) is 4.79 Å². The van der Waals surface area contributed by atoms with E-state index in [9.17, 15) is 13.6 Å². The minimum atomic E-state index is -4.09. The van der Waals surface area contributed by atoms with Gasteiger partial charge < -0.3 is 15.1 Å². The number of carbonyl (C=O) groups is 1. The van der Waals surface area contributed by atoms with E-state index in [-0.39, 0.29) is 6.42 Å². The molecular formula is C7H11F2NO4. The fourth-order valence-corrected chi connectivity index (χ4v) is 1.30. The van der Waals surface area contributed by atoms with Crippen LogP contribution in [0, 0.1) is 0 Å². The van der Waals surface area contributed by atoms with Gasteiger partial charge in [-0.15, -0.1) is 5.48 Å². The van der Waals surface area contributed by atoms with E-state index in [1.54, 1.807) is 0 Å². The molecule has 0 bridgehead atoms. The molecule has 0 aliphatic heterocycles. The van der Waals surface area contributed by atoms with E-state index >= 15 is 0 Å². The number of alkyl halides is 2. The average molecular weight is 211 g/mol. The van der Waals surface area contributed by atoms with Gasteiger partial charge in [-0.2, -0.15) is 8.78 Å². The number of aliphatic hydroxyl groups excluding tert-OH is 1. The molecule has 3 N–H and O–H groups in total. The van der Waals surface area contributed by atoms with Crippen LogP contribution >= 0.6 is 0 Å². The summed E-state index contributed by atoms with van der Waals surface area (Å²) in [7, 11) is 0. The Morgan fingerprint density at radius 1 is 1.50 bits per heavy atom. The molecule has 1 aliphatic rings. The molecule has 2 atom stereocenters. The van der Waals surface area contributed by atoms with Crippen molar-refractivity contribution < 1.29 is 28.6 Å². The van der Waals surface area contributed by atoms with E-state index in [1.165, 1.54) is 0 Å². The van der Waals surface area contributed by atoms with Crippen LogP contribution in [0.2, 0.25) is 0 Å². The van der Waals surface area contributed by atoms with E-state index in [1.807, 2.05) is 0 Å². The molecule has 5 nitrogen and oxygen atoms in total. The van der Waals surface area contributed by atoms with Gasteiger partial charge in [-0.3, -0.25) is 0 Å². The molecular weight excluding hydrogens is 200 g/mol. The first-order valence-electron chi connectivity index (χ1n) is 4.14. The van der Waals surface area contributed by atoms with E-state index < -0.39 is 24.2 Å². The van der Waals surface area contributed by atoms with Crippen LogP contribution in [0.3, 0.4) is 0 Å². The van der Waals surface area contributed by atoms with Crippen molar-refractivity contribution in [2.24, 2.45) is 0 Å². The van der Waals surface area contributed by atoms with Crippen molar-refractivity contribution in [3.05, 3.63) is 0 Å². The maximum absolute atomic E-state index is 12.4. The average Bonchev–Trinajstić information content (AvgIpc) is 2.51. The number of esters is 1. The lowest BCUT2D eigenvalue weighted by Crippen LogP contribution is -2.44. The van der Waals surface area contributed by atoms with Gasteiger partial charge in [0, 0.05) is 6.42 Å². The first-order valence-corrected chi connectivity index (χ1v) is 4.14. The number of rotatable bonds is 3. The number of carbonyl (C=O) groups excluding carboxylic acids is 1. The molecule has 7 heteroatoms. The van der Waals surface area contributed by atoms with Crippen molar-refractivity contribution in [1.82, 2.24) is 5.48 Å². The summed E-state index contributed by atoms with van der Waals surface area (Å²) in [5, 5.41) is 17.0. The van der Waals surface area contributed by atoms with Crippen LogP contribution in [0.5, 0.6) is 0 Å². The Hall–Kier alpha value is -0.790. The smallest absolute Gasteiger partial charge is 0.420 e. The van der Waals surface area contributed by atoms with Crippen molar-refractivity contribution in [1.29, 1.82) is 0 Å². The van der Waals surface area contributed by atoms with Gasteiger partial charge in [0.25, 0.3) is 0 Å².